The van der Waals surface area contributed by atoms with E-state index in [1.807, 2.05) is 17.9 Å². The number of nitrogens with zero attached hydrogens (tertiary/aromatic N) is 2. The maximum Gasteiger partial charge on any atom is 0.225 e. The second kappa shape index (κ2) is 7.77. The molecule has 0 aliphatic heterocycles. The predicted octanol–water partition coefficient (Wildman–Crippen LogP) is 1.98. The number of nitriles is 1. The van der Waals surface area contributed by atoms with E-state index in [4.69, 9.17) is 5.26 Å². The highest BCUT2D eigenvalue weighted by Crippen LogP contribution is 2.10. The van der Waals surface area contributed by atoms with Crippen molar-refractivity contribution in [3.63, 3.8) is 0 Å². The minimum Gasteiger partial charge on any atom is -0.389 e. The third-order valence-corrected chi connectivity index (χ3v) is 2.99. The number of rotatable bonds is 7. The summed E-state index contributed by atoms with van der Waals surface area (Å²) in [4.78, 5) is 13.9. The molecule has 1 aromatic rings. The third-order valence-electron chi connectivity index (χ3n) is 2.99. The Labute approximate surface area is 126 Å². The highest BCUT2D eigenvalue weighted by atomic mass is 16.3. The standard InChI is InChI=1S/C16H23N3O2/c1-4-19(12-16(2,3)21)9-8-15(20)18-14-7-5-6-13(10-14)11-17/h5-7,10,21H,4,8-9,12H2,1-3H3,(H,18,20). The molecule has 0 saturated carbocycles. The Hall–Kier alpha value is -1.90. The van der Waals surface area contributed by atoms with Crippen molar-refractivity contribution >= 4 is 11.6 Å². The molecule has 1 rings (SSSR count). The van der Waals surface area contributed by atoms with E-state index in [1.54, 1.807) is 38.1 Å². The summed E-state index contributed by atoms with van der Waals surface area (Å²) in [5.74, 6) is -0.0979. The summed E-state index contributed by atoms with van der Waals surface area (Å²) in [6.07, 6.45) is 0.348. The molecule has 0 aliphatic rings. The number of carbonyl (C=O) groups excluding carboxylic acids is 1. The second-order valence-electron chi connectivity index (χ2n) is 5.67. The van der Waals surface area contributed by atoms with E-state index in [0.29, 0.717) is 30.8 Å². The van der Waals surface area contributed by atoms with Crippen molar-refractivity contribution < 1.29 is 9.90 Å². The summed E-state index contributed by atoms with van der Waals surface area (Å²) in [7, 11) is 0. The molecule has 0 radical (unpaired) electrons. The van der Waals surface area contributed by atoms with Crippen LogP contribution in [0.3, 0.4) is 0 Å². The minimum absolute atomic E-state index is 0.0979. The first-order chi connectivity index (χ1) is 9.84. The van der Waals surface area contributed by atoms with Gasteiger partial charge in [-0.15, -0.1) is 0 Å². The van der Waals surface area contributed by atoms with Gasteiger partial charge in [0.15, 0.2) is 0 Å². The first-order valence-corrected chi connectivity index (χ1v) is 7.09. The molecule has 5 nitrogen and oxygen atoms in total. The van der Waals surface area contributed by atoms with E-state index in [9.17, 15) is 9.90 Å². The van der Waals surface area contributed by atoms with Crippen molar-refractivity contribution in [3.05, 3.63) is 29.8 Å². The normalized spacial score (nSPS) is 11.2. The summed E-state index contributed by atoms with van der Waals surface area (Å²) in [6, 6.07) is 8.87. The van der Waals surface area contributed by atoms with E-state index in [2.05, 4.69) is 5.32 Å². The van der Waals surface area contributed by atoms with Crippen LogP contribution in [-0.4, -0.2) is 41.1 Å². The molecule has 0 bridgehead atoms. The lowest BCUT2D eigenvalue weighted by Crippen LogP contribution is -2.39. The number of aliphatic hydroxyl groups is 1. The van der Waals surface area contributed by atoms with E-state index < -0.39 is 5.60 Å². The Kier molecular flexibility index (Phi) is 6.35. The number of hydrogen-bond acceptors (Lipinski definition) is 4. The fourth-order valence-corrected chi connectivity index (χ4v) is 2.05. The van der Waals surface area contributed by atoms with Gasteiger partial charge in [-0.3, -0.25) is 4.79 Å². The number of amides is 1. The Morgan fingerprint density at radius 3 is 2.76 bits per heavy atom. The molecule has 1 amide bonds. The quantitative estimate of drug-likeness (QED) is 0.804. The molecule has 0 unspecified atom stereocenters. The largest absolute Gasteiger partial charge is 0.389 e. The first-order valence-electron chi connectivity index (χ1n) is 7.09. The monoisotopic (exact) mass is 289 g/mol. The molecular formula is C16H23N3O2. The minimum atomic E-state index is -0.770. The molecule has 0 spiro atoms. The Balaban J connectivity index is 2.48. The van der Waals surface area contributed by atoms with Crippen LogP contribution in [-0.2, 0) is 4.79 Å². The molecule has 0 heterocycles. The Morgan fingerprint density at radius 2 is 2.19 bits per heavy atom. The molecule has 1 aromatic carbocycles. The van der Waals surface area contributed by atoms with Crippen molar-refractivity contribution in [1.82, 2.24) is 4.90 Å². The summed E-state index contributed by atoms with van der Waals surface area (Å²) >= 11 is 0. The van der Waals surface area contributed by atoms with Crippen molar-refractivity contribution in [3.8, 4) is 6.07 Å². The maximum atomic E-state index is 11.9. The summed E-state index contributed by atoms with van der Waals surface area (Å²) < 4.78 is 0. The fraction of sp³-hybridized carbons (Fsp3) is 0.500. The number of likely N-dealkylation sites (N-methyl/N-ethyl adjacent to an activating group) is 1. The summed E-state index contributed by atoms with van der Waals surface area (Å²) in [6.45, 7) is 7.40. The number of nitrogens with one attached hydrogen (secondary N) is 1. The zero-order valence-corrected chi connectivity index (χ0v) is 12.9. The number of carbonyl (C=O) groups is 1. The van der Waals surface area contributed by atoms with Gasteiger partial charge < -0.3 is 15.3 Å². The van der Waals surface area contributed by atoms with Gasteiger partial charge in [0.05, 0.1) is 17.2 Å². The highest BCUT2D eigenvalue weighted by Gasteiger charge is 2.17. The molecule has 2 N–H and O–H groups in total. The van der Waals surface area contributed by atoms with Crippen molar-refractivity contribution in [2.75, 3.05) is 25.0 Å². The zero-order chi connectivity index (χ0) is 15.9. The van der Waals surface area contributed by atoms with Gasteiger partial charge in [0.1, 0.15) is 0 Å². The van der Waals surface area contributed by atoms with Gasteiger partial charge in [-0.05, 0) is 38.6 Å². The average molecular weight is 289 g/mol. The fourth-order valence-electron chi connectivity index (χ4n) is 2.05. The second-order valence-corrected chi connectivity index (χ2v) is 5.67. The number of benzene rings is 1. The topological polar surface area (TPSA) is 76.4 Å². The molecule has 21 heavy (non-hydrogen) atoms. The van der Waals surface area contributed by atoms with Crippen molar-refractivity contribution in [2.24, 2.45) is 0 Å². The van der Waals surface area contributed by atoms with Crippen LogP contribution < -0.4 is 5.32 Å². The molecule has 0 aromatic heterocycles. The third kappa shape index (κ3) is 6.89. The molecular weight excluding hydrogens is 266 g/mol. The molecule has 0 atom stereocenters. The molecule has 114 valence electrons. The van der Waals surface area contributed by atoms with E-state index in [0.717, 1.165) is 6.54 Å². The smallest absolute Gasteiger partial charge is 0.225 e. The van der Waals surface area contributed by atoms with Crippen LogP contribution in [0.1, 0.15) is 32.8 Å². The average Bonchev–Trinajstić information content (AvgIpc) is 2.42. The molecule has 0 fully saturated rings. The highest BCUT2D eigenvalue weighted by molar-refractivity contribution is 5.90. The van der Waals surface area contributed by atoms with Gasteiger partial charge in [-0.1, -0.05) is 13.0 Å². The van der Waals surface area contributed by atoms with Gasteiger partial charge in [0.2, 0.25) is 5.91 Å². The lowest BCUT2D eigenvalue weighted by atomic mass is 10.1. The number of hydrogen-bond donors (Lipinski definition) is 2. The van der Waals surface area contributed by atoms with Gasteiger partial charge in [0.25, 0.3) is 0 Å². The maximum absolute atomic E-state index is 11.9. The van der Waals surface area contributed by atoms with Crippen LogP contribution in [0.5, 0.6) is 0 Å². The van der Waals surface area contributed by atoms with E-state index in [-0.39, 0.29) is 5.91 Å². The van der Waals surface area contributed by atoms with Crippen LogP contribution in [0.25, 0.3) is 0 Å². The van der Waals surface area contributed by atoms with Gasteiger partial charge in [-0.25, -0.2) is 0 Å². The SMILES string of the molecule is CCN(CCC(=O)Nc1cccc(C#N)c1)CC(C)(C)O. The van der Waals surface area contributed by atoms with E-state index in [1.165, 1.54) is 0 Å². The van der Waals surface area contributed by atoms with Crippen LogP contribution >= 0.6 is 0 Å². The van der Waals surface area contributed by atoms with E-state index >= 15 is 0 Å². The molecule has 0 saturated heterocycles. The van der Waals surface area contributed by atoms with Crippen LogP contribution in [0.2, 0.25) is 0 Å². The molecule has 5 heteroatoms. The van der Waals surface area contributed by atoms with Crippen LogP contribution in [0.15, 0.2) is 24.3 Å². The lowest BCUT2D eigenvalue weighted by molar-refractivity contribution is -0.116. The van der Waals surface area contributed by atoms with Crippen molar-refractivity contribution in [2.45, 2.75) is 32.8 Å². The summed E-state index contributed by atoms with van der Waals surface area (Å²) in [5.41, 5.74) is 0.378. The molecule has 0 aliphatic carbocycles. The van der Waals surface area contributed by atoms with Gasteiger partial charge in [0, 0.05) is 25.2 Å². The summed E-state index contributed by atoms with van der Waals surface area (Å²) in [5, 5.41) is 21.4. The lowest BCUT2D eigenvalue weighted by Gasteiger charge is -2.27. The number of anilines is 1. The Morgan fingerprint density at radius 1 is 1.48 bits per heavy atom. The Bertz CT molecular complexity index is 515. The van der Waals surface area contributed by atoms with Crippen LogP contribution in [0, 0.1) is 11.3 Å². The van der Waals surface area contributed by atoms with Gasteiger partial charge in [-0.2, -0.15) is 5.26 Å². The van der Waals surface area contributed by atoms with Crippen molar-refractivity contribution in [1.29, 1.82) is 5.26 Å². The van der Waals surface area contributed by atoms with Crippen LogP contribution in [0.4, 0.5) is 5.69 Å². The van der Waals surface area contributed by atoms with Gasteiger partial charge >= 0.3 is 0 Å². The first kappa shape index (κ1) is 17.2. The predicted molar refractivity (Wildman–Crippen MR) is 82.8 cm³/mol. The zero-order valence-electron chi connectivity index (χ0n) is 12.9.